The average Bonchev–Trinajstić information content (AvgIpc) is 2.74. The minimum absolute atomic E-state index is 0.198. The van der Waals surface area contributed by atoms with E-state index in [4.69, 9.17) is 0 Å². The van der Waals surface area contributed by atoms with E-state index in [1.165, 1.54) is 29.2 Å². The molecule has 0 radical (unpaired) electrons. The van der Waals surface area contributed by atoms with Crippen LogP contribution >= 0.6 is 18.1 Å². The van der Waals surface area contributed by atoms with Crippen LogP contribution in [0.5, 0.6) is 0 Å². The Morgan fingerprint density at radius 2 is 0.688 bits per heavy atom. The van der Waals surface area contributed by atoms with Crippen LogP contribution in [0.15, 0.2) is 91.0 Å². The number of hydrogen-bond acceptors (Lipinski definition) is 0. The maximum absolute atomic E-state index is 3.05. The first-order valence-electron chi connectivity index (χ1n) is 11.8. The molecule has 0 aliphatic carbocycles. The van der Waals surface area contributed by atoms with Gasteiger partial charge in [-0.15, -0.1) is 0 Å². The number of benzene rings is 3. The molecule has 170 valence electrons. The average molecular weight is 705 g/mol. The van der Waals surface area contributed by atoms with Crippen LogP contribution in [0.25, 0.3) is 0 Å². The molecule has 0 aliphatic rings. The molecule has 0 unspecified atom stereocenters. The Balaban J connectivity index is 1.98. The monoisotopic (exact) mass is 706 g/mol. The van der Waals surface area contributed by atoms with Crippen molar-refractivity contribution >= 4 is 18.1 Å². The topological polar surface area (TPSA) is 0 Å². The summed E-state index contributed by atoms with van der Waals surface area (Å²) in [6.07, 6.45) is 0. The molecular weight excluding hydrogens is 666 g/mol. The van der Waals surface area contributed by atoms with Gasteiger partial charge in [-0.1, -0.05) is 0 Å². The molecule has 0 aliphatic heterocycles. The summed E-state index contributed by atoms with van der Waals surface area (Å²) < 4.78 is 4.07. The molecule has 32 heavy (non-hydrogen) atoms. The summed E-state index contributed by atoms with van der Waals surface area (Å²) in [4.78, 5) is 0. The molecule has 0 heterocycles. The number of halogens is 1. The summed E-state index contributed by atoms with van der Waals surface area (Å²) in [6.45, 7) is 14.8. The molecule has 2 heteroatoms. The molecule has 0 nitrogen and oxygen atoms in total. The van der Waals surface area contributed by atoms with E-state index in [2.05, 4.69) is 151 Å². The third-order valence-corrected chi connectivity index (χ3v) is 32.7. The van der Waals surface area contributed by atoms with Crippen molar-refractivity contribution in [2.45, 2.75) is 70.3 Å². The first kappa shape index (κ1) is 25.9. The summed E-state index contributed by atoms with van der Waals surface area (Å²) in [6, 6.07) is 33.6. The van der Waals surface area contributed by atoms with Gasteiger partial charge in [0.25, 0.3) is 0 Å². The third-order valence-electron chi connectivity index (χ3n) is 6.94. The molecule has 0 bridgehead atoms. The van der Waals surface area contributed by atoms with Crippen molar-refractivity contribution in [3.8, 4) is 0 Å². The molecule has 3 aromatic carbocycles. The van der Waals surface area contributed by atoms with E-state index >= 15 is 0 Å². The molecule has 0 saturated carbocycles. The SMILES string of the molecule is CC(C)([CH2][Hf]([I])([CH2]C(C)(C)c1ccccc1)[CH2]C(C)(C)c1ccccc1)c1ccccc1. The van der Waals surface area contributed by atoms with Crippen molar-refractivity contribution in [2.24, 2.45) is 0 Å². The molecule has 0 N–H and O–H groups in total. The van der Waals surface area contributed by atoms with E-state index in [9.17, 15) is 0 Å². The predicted molar refractivity (Wildman–Crippen MR) is 147 cm³/mol. The Morgan fingerprint density at radius 1 is 0.469 bits per heavy atom. The minimum atomic E-state index is -2.86. The molecule has 0 atom stereocenters. The second kappa shape index (κ2) is 10.3. The molecule has 0 fully saturated rings. The zero-order chi connectivity index (χ0) is 23.5. The Labute approximate surface area is 210 Å². The van der Waals surface area contributed by atoms with Crippen LogP contribution in [0, 0.1) is 0 Å². The van der Waals surface area contributed by atoms with Crippen molar-refractivity contribution in [2.75, 3.05) is 0 Å². The third kappa shape index (κ3) is 6.65. The summed E-state index contributed by atoms with van der Waals surface area (Å²) in [5.41, 5.74) is 5.04. The zero-order valence-corrected chi connectivity index (χ0v) is 26.4. The maximum atomic E-state index is 3.05. The van der Waals surface area contributed by atoms with Crippen LogP contribution in [0.1, 0.15) is 58.2 Å². The van der Waals surface area contributed by atoms with Crippen molar-refractivity contribution in [1.29, 1.82) is 0 Å². The van der Waals surface area contributed by atoms with Gasteiger partial charge in [0.15, 0.2) is 0 Å². The molecule has 0 amide bonds. The van der Waals surface area contributed by atoms with Gasteiger partial charge < -0.3 is 0 Å². The fourth-order valence-electron chi connectivity index (χ4n) is 5.54. The quantitative estimate of drug-likeness (QED) is 0.154. The Hall–Kier alpha value is -0.740. The molecule has 0 spiro atoms. The van der Waals surface area contributed by atoms with Crippen molar-refractivity contribution in [3.05, 3.63) is 108 Å². The van der Waals surface area contributed by atoms with E-state index in [-0.39, 0.29) is 16.2 Å². The van der Waals surface area contributed by atoms with Gasteiger partial charge >= 0.3 is 212 Å². The predicted octanol–water partition coefficient (Wildman–Crippen LogP) is 9.68. The fraction of sp³-hybridized carbons (Fsp3) is 0.400. The van der Waals surface area contributed by atoms with E-state index in [0.717, 1.165) is 0 Å². The van der Waals surface area contributed by atoms with Gasteiger partial charge in [-0.2, -0.15) is 0 Å². The van der Waals surface area contributed by atoms with Crippen LogP contribution in [0.2, 0.25) is 12.5 Å². The van der Waals surface area contributed by atoms with Crippen molar-refractivity contribution in [1.82, 2.24) is 0 Å². The van der Waals surface area contributed by atoms with Crippen LogP contribution in [0.4, 0.5) is 0 Å². The van der Waals surface area contributed by atoms with Gasteiger partial charge in [-0.05, 0) is 0 Å². The van der Waals surface area contributed by atoms with Crippen molar-refractivity contribution < 1.29 is 15.8 Å². The molecule has 0 aromatic heterocycles. The normalized spacial score (nSPS) is 13.2. The van der Waals surface area contributed by atoms with E-state index < -0.39 is 15.8 Å². The van der Waals surface area contributed by atoms with Crippen molar-refractivity contribution in [3.63, 3.8) is 0 Å². The van der Waals surface area contributed by atoms with Crippen LogP contribution in [-0.4, -0.2) is 0 Å². The van der Waals surface area contributed by atoms with Crippen LogP contribution in [-0.2, 0) is 32.1 Å². The summed E-state index contributed by atoms with van der Waals surface area (Å²) >= 11 is 0.198. The summed E-state index contributed by atoms with van der Waals surface area (Å²) in [5.74, 6) is 0. The standard InChI is InChI=1S/3C10H13.Hf.HI/c3*1-10(2,3)9-7-5-4-6-8-9;;/h3*4-8H,1H2,2-3H3;;1H/q;;;+1;/p-1. The van der Waals surface area contributed by atoms with Gasteiger partial charge in [-0.25, -0.2) is 0 Å². The summed E-state index contributed by atoms with van der Waals surface area (Å²) in [5, 5.41) is 0. The van der Waals surface area contributed by atoms with Gasteiger partial charge in [0.1, 0.15) is 0 Å². The molecule has 0 saturated heterocycles. The first-order chi connectivity index (χ1) is 14.9. The fourth-order valence-corrected chi connectivity index (χ4v) is 49.6. The molecule has 3 rings (SSSR count). The van der Waals surface area contributed by atoms with Gasteiger partial charge in [0, 0.05) is 0 Å². The molecule has 3 aromatic rings. The van der Waals surface area contributed by atoms with E-state index in [0.29, 0.717) is 0 Å². The number of hydrogen-bond donors (Lipinski definition) is 0. The van der Waals surface area contributed by atoms with Gasteiger partial charge in [0.05, 0.1) is 0 Å². The van der Waals surface area contributed by atoms with Crippen LogP contribution < -0.4 is 0 Å². The van der Waals surface area contributed by atoms with E-state index in [1.54, 1.807) is 0 Å². The second-order valence-electron chi connectivity index (χ2n) is 11.4. The second-order valence-corrected chi connectivity index (χ2v) is 42.2. The van der Waals surface area contributed by atoms with Crippen LogP contribution in [0.3, 0.4) is 0 Å². The Morgan fingerprint density at radius 3 is 0.906 bits per heavy atom. The Kier molecular flexibility index (Phi) is 8.29. The molecular formula is C30H39HfI. The first-order valence-corrected chi connectivity index (χ1v) is 29.6. The van der Waals surface area contributed by atoms with E-state index in [1.807, 2.05) is 0 Å². The number of rotatable bonds is 9. The zero-order valence-electron chi connectivity index (χ0n) is 20.7. The van der Waals surface area contributed by atoms with Gasteiger partial charge in [0.2, 0.25) is 0 Å². The Bertz CT molecular complexity index is 845. The summed E-state index contributed by atoms with van der Waals surface area (Å²) in [7, 11) is 0. The van der Waals surface area contributed by atoms with Gasteiger partial charge in [-0.3, -0.25) is 0 Å².